The zero-order valence-electron chi connectivity index (χ0n) is 10.9. The van der Waals surface area contributed by atoms with Gasteiger partial charge in [-0.05, 0) is 27.3 Å². The summed E-state index contributed by atoms with van der Waals surface area (Å²) in [7, 11) is 0. The molecule has 1 N–H and O–H groups in total. The zero-order chi connectivity index (χ0) is 13.0. The van der Waals surface area contributed by atoms with Crippen molar-refractivity contribution in [2.45, 2.75) is 40.2 Å². The highest BCUT2D eigenvalue weighted by Crippen LogP contribution is 2.28. The van der Waals surface area contributed by atoms with Crippen LogP contribution in [0.3, 0.4) is 0 Å². The lowest BCUT2D eigenvalue weighted by Crippen LogP contribution is -2.29. The topological polar surface area (TPSA) is 53.4 Å². The van der Waals surface area contributed by atoms with Gasteiger partial charge in [0.05, 0.1) is 17.1 Å². The van der Waals surface area contributed by atoms with Gasteiger partial charge in [-0.2, -0.15) is 0 Å². The summed E-state index contributed by atoms with van der Waals surface area (Å²) in [5.41, 5.74) is 1.06. The molecule has 1 aromatic heterocycles. The molecule has 0 radical (unpaired) electrons. The normalized spacial score (nSPS) is 13.0. The predicted octanol–water partition coefficient (Wildman–Crippen LogP) is 2.62. The number of carboxylic acids is 1. The molecule has 0 spiro atoms. The van der Waals surface area contributed by atoms with E-state index in [1.54, 1.807) is 11.3 Å². The molecule has 0 aliphatic rings. The van der Waals surface area contributed by atoms with Gasteiger partial charge >= 0.3 is 5.97 Å². The minimum atomic E-state index is -0.743. The van der Waals surface area contributed by atoms with Crippen molar-refractivity contribution >= 4 is 17.3 Å². The third-order valence-corrected chi connectivity index (χ3v) is 4.13. The maximum absolute atomic E-state index is 10.6. The van der Waals surface area contributed by atoms with Crippen LogP contribution in [-0.2, 0) is 4.79 Å². The fraction of sp³-hybridized carbons (Fsp3) is 0.667. The first kappa shape index (κ1) is 14.1. The highest BCUT2D eigenvalue weighted by atomic mass is 32.1. The lowest BCUT2D eigenvalue weighted by molar-refractivity contribution is -0.137. The first-order valence-corrected chi connectivity index (χ1v) is 6.67. The molecule has 0 fully saturated rings. The third-order valence-electron chi connectivity index (χ3n) is 2.89. The van der Waals surface area contributed by atoms with E-state index in [4.69, 9.17) is 5.11 Å². The van der Waals surface area contributed by atoms with Crippen molar-refractivity contribution in [2.24, 2.45) is 0 Å². The monoisotopic (exact) mass is 256 g/mol. The standard InChI is InChI=1S/C12H20N2O2S/c1-5-14(7-6-11(15)16)9(3)12-8(2)13-10(4)17-12/h9H,5-7H2,1-4H3,(H,15,16). The third kappa shape index (κ3) is 3.78. The smallest absolute Gasteiger partial charge is 0.304 e. The van der Waals surface area contributed by atoms with E-state index in [9.17, 15) is 4.79 Å². The number of carbonyl (C=O) groups is 1. The molecule has 96 valence electrons. The second-order valence-electron chi connectivity index (χ2n) is 4.13. The zero-order valence-corrected chi connectivity index (χ0v) is 11.7. The number of nitrogens with zero attached hydrogens (tertiary/aromatic N) is 2. The average molecular weight is 256 g/mol. The van der Waals surface area contributed by atoms with Gasteiger partial charge in [-0.15, -0.1) is 11.3 Å². The summed E-state index contributed by atoms with van der Waals surface area (Å²) in [4.78, 5) is 18.5. The number of hydrogen-bond donors (Lipinski definition) is 1. The summed E-state index contributed by atoms with van der Waals surface area (Å²) in [5.74, 6) is -0.743. The highest BCUT2D eigenvalue weighted by Gasteiger charge is 2.19. The van der Waals surface area contributed by atoms with Crippen LogP contribution < -0.4 is 0 Å². The van der Waals surface area contributed by atoms with Crippen LogP contribution in [0.4, 0.5) is 0 Å². The Bertz CT molecular complexity index is 390. The van der Waals surface area contributed by atoms with E-state index in [-0.39, 0.29) is 12.5 Å². The molecule has 17 heavy (non-hydrogen) atoms. The Labute approximate surface area is 106 Å². The summed E-state index contributed by atoms with van der Waals surface area (Å²) in [5, 5.41) is 9.80. The molecule has 1 heterocycles. The molecule has 0 saturated heterocycles. The lowest BCUT2D eigenvalue weighted by atomic mass is 10.2. The van der Waals surface area contributed by atoms with Gasteiger partial charge in [0.1, 0.15) is 0 Å². The maximum Gasteiger partial charge on any atom is 0.304 e. The number of thiazole rings is 1. The van der Waals surface area contributed by atoms with E-state index in [1.165, 1.54) is 4.88 Å². The van der Waals surface area contributed by atoms with Crippen LogP contribution in [0.25, 0.3) is 0 Å². The van der Waals surface area contributed by atoms with Gasteiger partial charge in [0.25, 0.3) is 0 Å². The average Bonchev–Trinajstić information content (AvgIpc) is 2.58. The van der Waals surface area contributed by atoms with Gasteiger partial charge in [0.2, 0.25) is 0 Å². The first-order chi connectivity index (χ1) is 7.95. The van der Waals surface area contributed by atoms with E-state index in [0.29, 0.717) is 6.54 Å². The van der Waals surface area contributed by atoms with Crippen LogP contribution in [0.1, 0.15) is 41.9 Å². The molecule has 1 unspecified atom stereocenters. The van der Waals surface area contributed by atoms with Crippen LogP contribution in [0.15, 0.2) is 0 Å². The van der Waals surface area contributed by atoms with E-state index in [0.717, 1.165) is 17.2 Å². The Morgan fingerprint density at radius 1 is 1.53 bits per heavy atom. The first-order valence-electron chi connectivity index (χ1n) is 5.85. The number of carboxylic acid groups (broad SMARTS) is 1. The molecule has 0 bridgehead atoms. The molecule has 4 nitrogen and oxygen atoms in total. The van der Waals surface area contributed by atoms with Crippen molar-refractivity contribution in [3.63, 3.8) is 0 Å². The molecule has 1 atom stereocenters. The Balaban J connectivity index is 2.74. The number of aliphatic carboxylic acids is 1. The molecule has 0 aliphatic heterocycles. The molecule has 5 heteroatoms. The minimum absolute atomic E-state index is 0.189. The van der Waals surface area contributed by atoms with Crippen LogP contribution in [0, 0.1) is 13.8 Å². The molecule has 1 aromatic rings. The van der Waals surface area contributed by atoms with Crippen molar-refractivity contribution in [1.29, 1.82) is 0 Å². The lowest BCUT2D eigenvalue weighted by Gasteiger charge is -2.26. The predicted molar refractivity (Wildman–Crippen MR) is 69.5 cm³/mol. The number of aryl methyl sites for hydroxylation is 2. The number of rotatable bonds is 6. The van der Waals surface area contributed by atoms with Crippen molar-refractivity contribution in [3.8, 4) is 0 Å². The van der Waals surface area contributed by atoms with Gasteiger partial charge in [-0.25, -0.2) is 4.98 Å². The van der Waals surface area contributed by atoms with Crippen LogP contribution >= 0.6 is 11.3 Å². The molecule has 0 aliphatic carbocycles. The quantitative estimate of drug-likeness (QED) is 0.850. The summed E-state index contributed by atoms with van der Waals surface area (Å²) in [6.45, 7) is 9.63. The summed E-state index contributed by atoms with van der Waals surface area (Å²) >= 11 is 1.70. The van der Waals surface area contributed by atoms with E-state index < -0.39 is 5.97 Å². The molecule has 0 saturated carbocycles. The Morgan fingerprint density at radius 2 is 2.18 bits per heavy atom. The molecular weight excluding hydrogens is 236 g/mol. The van der Waals surface area contributed by atoms with E-state index in [2.05, 4.69) is 23.7 Å². The van der Waals surface area contributed by atoms with Gasteiger partial charge in [-0.3, -0.25) is 9.69 Å². The second-order valence-corrected chi connectivity index (χ2v) is 5.37. The Morgan fingerprint density at radius 3 is 2.59 bits per heavy atom. The Hall–Kier alpha value is -0.940. The van der Waals surface area contributed by atoms with Gasteiger partial charge < -0.3 is 5.11 Å². The highest BCUT2D eigenvalue weighted by molar-refractivity contribution is 7.11. The van der Waals surface area contributed by atoms with Crippen LogP contribution in [0.2, 0.25) is 0 Å². The van der Waals surface area contributed by atoms with Gasteiger partial charge in [0, 0.05) is 17.5 Å². The van der Waals surface area contributed by atoms with Crippen LogP contribution in [-0.4, -0.2) is 34.0 Å². The van der Waals surface area contributed by atoms with E-state index >= 15 is 0 Å². The summed E-state index contributed by atoms with van der Waals surface area (Å²) in [6.07, 6.45) is 0.189. The Kier molecular flexibility index (Phi) is 5.08. The summed E-state index contributed by atoms with van der Waals surface area (Å²) in [6, 6.07) is 0.241. The molecule has 0 aromatic carbocycles. The van der Waals surface area contributed by atoms with Crippen molar-refractivity contribution in [3.05, 3.63) is 15.6 Å². The van der Waals surface area contributed by atoms with Gasteiger partial charge in [-0.1, -0.05) is 6.92 Å². The molecule has 0 amide bonds. The van der Waals surface area contributed by atoms with E-state index in [1.807, 2.05) is 13.8 Å². The minimum Gasteiger partial charge on any atom is -0.481 e. The molecule has 1 rings (SSSR count). The molecular formula is C12H20N2O2S. The van der Waals surface area contributed by atoms with Crippen molar-refractivity contribution in [2.75, 3.05) is 13.1 Å². The number of aromatic nitrogens is 1. The van der Waals surface area contributed by atoms with Crippen molar-refractivity contribution < 1.29 is 9.90 Å². The fourth-order valence-electron chi connectivity index (χ4n) is 1.97. The maximum atomic E-state index is 10.6. The van der Waals surface area contributed by atoms with Gasteiger partial charge in [0.15, 0.2) is 0 Å². The SMILES string of the molecule is CCN(CCC(=O)O)C(C)c1sc(C)nc1C. The second kappa shape index (κ2) is 6.12. The van der Waals surface area contributed by atoms with Crippen molar-refractivity contribution in [1.82, 2.24) is 9.88 Å². The largest absolute Gasteiger partial charge is 0.481 e. The summed E-state index contributed by atoms with van der Waals surface area (Å²) < 4.78 is 0. The van der Waals surface area contributed by atoms with Crippen LogP contribution in [0.5, 0.6) is 0 Å². The fourth-order valence-corrected chi connectivity index (χ4v) is 2.98. The number of hydrogen-bond acceptors (Lipinski definition) is 4.